The van der Waals surface area contributed by atoms with Crippen molar-refractivity contribution < 1.29 is 14.0 Å². The lowest BCUT2D eigenvalue weighted by molar-refractivity contribution is -0.143. The van der Waals surface area contributed by atoms with Gasteiger partial charge in [0.05, 0.1) is 12.5 Å². The summed E-state index contributed by atoms with van der Waals surface area (Å²) in [5.41, 5.74) is 2.61. The number of halogens is 1. The van der Waals surface area contributed by atoms with Crippen LogP contribution in [-0.2, 0) is 22.7 Å². The molecule has 0 N–H and O–H groups in total. The van der Waals surface area contributed by atoms with Gasteiger partial charge in [-0.2, -0.15) is 0 Å². The molecule has 2 amide bonds. The Balaban J connectivity index is 1.61. The fourth-order valence-corrected chi connectivity index (χ4v) is 5.05. The van der Waals surface area contributed by atoms with Crippen molar-refractivity contribution in [2.75, 3.05) is 6.54 Å². The molecule has 37 heavy (non-hydrogen) atoms. The predicted octanol–water partition coefficient (Wildman–Crippen LogP) is 6.49. The average molecular weight is 515 g/mol. The second kappa shape index (κ2) is 12.5. The van der Waals surface area contributed by atoms with Gasteiger partial charge in [0, 0.05) is 17.5 Å². The maximum absolute atomic E-state index is 14.1. The molecule has 1 heterocycles. The quantitative estimate of drug-likeness (QED) is 0.243. The molecule has 190 valence electrons. The second-order valence-corrected chi connectivity index (χ2v) is 10.3. The minimum absolute atomic E-state index is 0.0424. The Bertz CT molecular complexity index is 1240. The van der Waals surface area contributed by atoms with E-state index < -0.39 is 5.92 Å². The van der Waals surface area contributed by atoms with Gasteiger partial charge in [-0.25, -0.2) is 4.39 Å². The molecule has 0 fully saturated rings. The van der Waals surface area contributed by atoms with Crippen LogP contribution in [0.25, 0.3) is 0 Å². The Morgan fingerprint density at radius 3 is 1.89 bits per heavy atom. The van der Waals surface area contributed by atoms with Gasteiger partial charge in [0.25, 0.3) is 0 Å². The summed E-state index contributed by atoms with van der Waals surface area (Å²) < 4.78 is 13.5. The number of nitrogens with zero attached hydrogens (tertiary/aromatic N) is 2. The van der Waals surface area contributed by atoms with Crippen molar-refractivity contribution in [3.63, 3.8) is 0 Å². The van der Waals surface area contributed by atoms with Gasteiger partial charge in [0.15, 0.2) is 0 Å². The molecule has 1 aromatic heterocycles. The first-order chi connectivity index (χ1) is 17.9. The highest BCUT2D eigenvalue weighted by atomic mass is 32.1. The monoisotopic (exact) mass is 514 g/mol. The summed E-state index contributed by atoms with van der Waals surface area (Å²) in [6.07, 6.45) is 0. The lowest BCUT2D eigenvalue weighted by atomic mass is 9.89. The number of thiophene rings is 1. The zero-order chi connectivity index (χ0) is 26.2. The molecular formula is C31H31FN2O2S. The molecule has 4 rings (SSSR count). The molecule has 0 aliphatic carbocycles. The molecule has 0 spiro atoms. The summed E-state index contributed by atoms with van der Waals surface area (Å²) in [7, 11) is 0. The molecular weight excluding hydrogens is 483 g/mol. The Morgan fingerprint density at radius 2 is 1.38 bits per heavy atom. The standard InChI is InChI=1S/C31H31FN2O2S/c1-23(2)34(31(36)30(25-10-5-3-6-11-25)26-12-7-4-8-13-26)22-29(35)33(21-28-14-9-19-37-28)20-24-15-17-27(32)18-16-24/h3-19,23,30H,20-22H2,1-2H3. The molecule has 0 aliphatic rings. The van der Waals surface area contributed by atoms with Crippen molar-refractivity contribution >= 4 is 23.2 Å². The predicted molar refractivity (Wildman–Crippen MR) is 147 cm³/mol. The first-order valence-electron chi connectivity index (χ1n) is 12.4. The van der Waals surface area contributed by atoms with Crippen LogP contribution in [0.5, 0.6) is 0 Å². The van der Waals surface area contributed by atoms with E-state index in [-0.39, 0.29) is 30.2 Å². The summed E-state index contributed by atoms with van der Waals surface area (Å²) >= 11 is 1.58. The van der Waals surface area contributed by atoms with Gasteiger partial charge in [-0.1, -0.05) is 78.9 Å². The van der Waals surface area contributed by atoms with E-state index in [4.69, 9.17) is 0 Å². The highest BCUT2D eigenvalue weighted by Gasteiger charge is 2.31. The molecule has 0 aliphatic heterocycles. The molecule has 4 aromatic rings. The fraction of sp³-hybridized carbons (Fsp3) is 0.226. The van der Waals surface area contributed by atoms with Crippen LogP contribution in [0, 0.1) is 5.82 Å². The maximum Gasteiger partial charge on any atom is 0.242 e. The van der Waals surface area contributed by atoms with Crippen LogP contribution >= 0.6 is 11.3 Å². The first-order valence-corrected chi connectivity index (χ1v) is 13.3. The van der Waals surface area contributed by atoms with Gasteiger partial charge in [0.2, 0.25) is 11.8 Å². The molecule has 0 atom stereocenters. The van der Waals surface area contributed by atoms with Gasteiger partial charge in [-0.05, 0) is 54.1 Å². The van der Waals surface area contributed by atoms with E-state index in [0.717, 1.165) is 21.6 Å². The van der Waals surface area contributed by atoms with E-state index in [2.05, 4.69) is 0 Å². The van der Waals surface area contributed by atoms with Gasteiger partial charge < -0.3 is 9.80 Å². The zero-order valence-electron chi connectivity index (χ0n) is 21.1. The minimum Gasteiger partial charge on any atom is -0.332 e. The van der Waals surface area contributed by atoms with E-state index in [1.54, 1.807) is 33.3 Å². The Hall–Kier alpha value is -3.77. The van der Waals surface area contributed by atoms with Crippen molar-refractivity contribution in [2.24, 2.45) is 0 Å². The van der Waals surface area contributed by atoms with Crippen LogP contribution in [0.1, 0.15) is 41.3 Å². The number of benzene rings is 3. The third-order valence-electron chi connectivity index (χ3n) is 6.29. The first kappa shape index (κ1) is 26.3. The van der Waals surface area contributed by atoms with Gasteiger partial charge in [0.1, 0.15) is 12.4 Å². The van der Waals surface area contributed by atoms with Crippen molar-refractivity contribution in [3.05, 3.63) is 130 Å². The van der Waals surface area contributed by atoms with Crippen LogP contribution in [0.4, 0.5) is 4.39 Å². The van der Waals surface area contributed by atoms with Crippen molar-refractivity contribution in [3.8, 4) is 0 Å². The minimum atomic E-state index is -0.513. The lowest BCUT2D eigenvalue weighted by Crippen LogP contribution is -2.47. The normalized spacial score (nSPS) is 11.1. The Labute approximate surface area is 222 Å². The van der Waals surface area contributed by atoms with Crippen molar-refractivity contribution in [1.29, 1.82) is 0 Å². The molecule has 4 nitrogen and oxygen atoms in total. The summed E-state index contributed by atoms with van der Waals surface area (Å²) in [4.78, 5) is 32.2. The average Bonchev–Trinajstić information content (AvgIpc) is 3.42. The third kappa shape index (κ3) is 6.92. The SMILES string of the molecule is CC(C)N(CC(=O)N(Cc1ccc(F)cc1)Cc1cccs1)C(=O)C(c1ccccc1)c1ccccc1. The van der Waals surface area contributed by atoms with E-state index in [1.165, 1.54) is 12.1 Å². The highest BCUT2D eigenvalue weighted by molar-refractivity contribution is 7.09. The van der Waals surface area contributed by atoms with E-state index in [9.17, 15) is 14.0 Å². The molecule has 0 unspecified atom stereocenters. The van der Waals surface area contributed by atoms with Crippen LogP contribution in [0.3, 0.4) is 0 Å². The summed E-state index contributed by atoms with van der Waals surface area (Å²) in [6.45, 7) is 4.58. The molecule has 0 saturated heterocycles. The summed E-state index contributed by atoms with van der Waals surface area (Å²) in [5, 5.41) is 1.98. The molecule has 0 radical (unpaired) electrons. The number of amides is 2. The van der Waals surface area contributed by atoms with E-state index >= 15 is 0 Å². The van der Waals surface area contributed by atoms with Gasteiger partial charge in [-0.3, -0.25) is 9.59 Å². The van der Waals surface area contributed by atoms with Gasteiger partial charge in [-0.15, -0.1) is 11.3 Å². The molecule has 3 aromatic carbocycles. The number of carbonyl (C=O) groups is 2. The maximum atomic E-state index is 14.1. The smallest absolute Gasteiger partial charge is 0.242 e. The zero-order valence-corrected chi connectivity index (χ0v) is 21.9. The number of rotatable bonds is 10. The lowest BCUT2D eigenvalue weighted by Gasteiger charge is -2.33. The Morgan fingerprint density at radius 1 is 0.784 bits per heavy atom. The second-order valence-electron chi connectivity index (χ2n) is 9.27. The van der Waals surface area contributed by atoms with Crippen LogP contribution in [0.2, 0.25) is 0 Å². The molecule has 0 bridgehead atoms. The van der Waals surface area contributed by atoms with Gasteiger partial charge >= 0.3 is 0 Å². The van der Waals surface area contributed by atoms with Crippen molar-refractivity contribution in [1.82, 2.24) is 9.80 Å². The Kier molecular flexibility index (Phi) is 8.86. The third-order valence-corrected chi connectivity index (χ3v) is 7.15. The molecule has 0 saturated carbocycles. The largest absolute Gasteiger partial charge is 0.332 e. The van der Waals surface area contributed by atoms with Crippen LogP contribution < -0.4 is 0 Å². The summed E-state index contributed by atoms with van der Waals surface area (Å²) in [5.74, 6) is -1.09. The number of hydrogen-bond acceptors (Lipinski definition) is 3. The number of hydrogen-bond donors (Lipinski definition) is 0. The fourth-order valence-electron chi connectivity index (χ4n) is 4.33. The van der Waals surface area contributed by atoms with E-state index in [0.29, 0.717) is 13.1 Å². The topological polar surface area (TPSA) is 40.6 Å². The van der Waals surface area contributed by atoms with Crippen LogP contribution in [0.15, 0.2) is 102 Å². The van der Waals surface area contributed by atoms with Crippen molar-refractivity contribution in [2.45, 2.75) is 38.9 Å². The molecule has 6 heteroatoms. The highest BCUT2D eigenvalue weighted by Crippen LogP contribution is 2.28. The summed E-state index contributed by atoms with van der Waals surface area (Å²) in [6, 6.07) is 29.3. The van der Waals surface area contributed by atoms with E-state index in [1.807, 2.05) is 92.0 Å². The number of carbonyl (C=O) groups excluding carboxylic acids is 2. The van der Waals surface area contributed by atoms with Crippen LogP contribution in [-0.4, -0.2) is 34.2 Å².